The fourth-order valence-electron chi connectivity index (χ4n) is 5.25. The number of esters is 2. The number of nitrogens with one attached hydrogen (secondary N) is 1. The minimum absolute atomic E-state index is 0.181. The van der Waals surface area contributed by atoms with Crippen LogP contribution in [0.2, 0.25) is 0 Å². The zero-order valence-corrected chi connectivity index (χ0v) is 22.5. The number of methoxy groups -OCH3 is 1. The van der Waals surface area contributed by atoms with Gasteiger partial charge >= 0.3 is 11.9 Å². The van der Waals surface area contributed by atoms with E-state index in [0.29, 0.717) is 29.7 Å². The highest BCUT2D eigenvalue weighted by atomic mass is 32.1. The van der Waals surface area contributed by atoms with Crippen LogP contribution in [0, 0.1) is 5.92 Å². The lowest BCUT2D eigenvalue weighted by Crippen LogP contribution is -2.43. The van der Waals surface area contributed by atoms with Crippen LogP contribution >= 0.6 is 11.3 Å². The summed E-state index contributed by atoms with van der Waals surface area (Å²) in [6.07, 6.45) is 1.88. The number of thiophene rings is 1. The van der Waals surface area contributed by atoms with Crippen LogP contribution in [-0.4, -0.2) is 38.0 Å². The van der Waals surface area contributed by atoms with E-state index in [1.54, 1.807) is 21.0 Å². The number of hydrogen-bond acceptors (Lipinski definition) is 8. The van der Waals surface area contributed by atoms with E-state index in [0.717, 1.165) is 28.3 Å². The quantitative estimate of drug-likeness (QED) is 0.355. The predicted octanol–water partition coefficient (Wildman–Crippen LogP) is 5.25. The number of benzene rings is 1. The van der Waals surface area contributed by atoms with Crippen LogP contribution < -0.4 is 10.1 Å². The average molecular weight is 524 g/mol. The summed E-state index contributed by atoms with van der Waals surface area (Å²) in [5.41, 5.74) is 3.11. The lowest BCUT2D eigenvalue weighted by atomic mass is 9.68. The van der Waals surface area contributed by atoms with Gasteiger partial charge in [-0.2, -0.15) is 0 Å². The molecule has 7 nitrogen and oxygen atoms in total. The maximum atomic E-state index is 14.3. The summed E-state index contributed by atoms with van der Waals surface area (Å²) < 4.78 is 16.2. The van der Waals surface area contributed by atoms with Crippen molar-refractivity contribution in [2.24, 2.45) is 5.92 Å². The first-order valence-electron chi connectivity index (χ1n) is 12.7. The van der Waals surface area contributed by atoms with Crippen LogP contribution in [0.3, 0.4) is 0 Å². The smallest absolute Gasteiger partial charge is 0.336 e. The minimum Gasteiger partial charge on any atom is -0.497 e. The molecule has 0 bridgehead atoms. The van der Waals surface area contributed by atoms with Gasteiger partial charge in [-0.05, 0) is 55.8 Å². The van der Waals surface area contributed by atoms with Gasteiger partial charge in [0.05, 0.1) is 25.9 Å². The first kappa shape index (κ1) is 26.7. The fraction of sp³-hybridized carbons (Fsp3) is 0.414. The topological polar surface area (TPSA) is 90.9 Å². The molecule has 2 heterocycles. The predicted molar refractivity (Wildman–Crippen MR) is 141 cm³/mol. The van der Waals surface area contributed by atoms with Gasteiger partial charge in [0.2, 0.25) is 0 Å². The number of carbonyl (C=O) groups is 3. The Morgan fingerprint density at radius 2 is 1.78 bits per heavy atom. The molecule has 1 aliphatic heterocycles. The molecule has 1 aliphatic carbocycles. The molecule has 0 saturated carbocycles. The number of rotatable bonds is 9. The van der Waals surface area contributed by atoms with E-state index in [4.69, 9.17) is 14.2 Å². The summed E-state index contributed by atoms with van der Waals surface area (Å²) in [7, 11) is 1.59. The number of ether oxygens (including phenoxy) is 3. The molecule has 4 rings (SSSR count). The highest BCUT2D eigenvalue weighted by molar-refractivity contribution is 7.10. The van der Waals surface area contributed by atoms with Crippen LogP contribution in [0.1, 0.15) is 62.3 Å². The van der Waals surface area contributed by atoms with Crippen molar-refractivity contribution in [1.82, 2.24) is 5.32 Å². The molecule has 0 spiro atoms. The zero-order valence-electron chi connectivity index (χ0n) is 21.7. The molecule has 1 N–H and O–H groups in total. The molecule has 196 valence electrons. The SMILES string of the molecule is CCCC1=C(C(=O)OCC)[C@@H](c2ccc(OC)cc2)C2=C(C[C@@H](c3cccs3)[C@@H](C(=O)OCC)C2=O)N1. The summed E-state index contributed by atoms with van der Waals surface area (Å²) in [6.45, 7) is 5.93. The van der Waals surface area contributed by atoms with Crippen molar-refractivity contribution in [3.05, 3.63) is 74.8 Å². The number of Topliss-reactive ketones (excluding diaryl/α,β-unsaturated/α-hetero) is 1. The summed E-state index contributed by atoms with van der Waals surface area (Å²) in [6, 6.07) is 11.2. The molecule has 0 unspecified atom stereocenters. The minimum atomic E-state index is -0.990. The van der Waals surface area contributed by atoms with E-state index in [9.17, 15) is 14.4 Å². The molecule has 8 heteroatoms. The maximum absolute atomic E-state index is 14.3. The molecule has 0 saturated heterocycles. The van der Waals surface area contributed by atoms with Gasteiger partial charge in [0, 0.05) is 33.7 Å². The monoisotopic (exact) mass is 523 g/mol. The Labute approximate surface area is 221 Å². The second-order valence-electron chi connectivity index (χ2n) is 9.01. The van der Waals surface area contributed by atoms with Gasteiger partial charge in [-0.15, -0.1) is 11.3 Å². The molecular formula is C29H33NO6S. The van der Waals surface area contributed by atoms with Crippen molar-refractivity contribution in [2.45, 2.75) is 51.9 Å². The molecule has 0 amide bonds. The lowest BCUT2D eigenvalue weighted by Gasteiger charge is -2.39. The van der Waals surface area contributed by atoms with Crippen LogP contribution in [0.4, 0.5) is 0 Å². The summed E-state index contributed by atoms with van der Waals surface area (Å²) in [5.74, 6) is -2.66. The first-order valence-corrected chi connectivity index (χ1v) is 13.6. The molecule has 37 heavy (non-hydrogen) atoms. The van der Waals surface area contributed by atoms with E-state index >= 15 is 0 Å². The van der Waals surface area contributed by atoms with Crippen LogP contribution in [0.15, 0.2) is 64.3 Å². The summed E-state index contributed by atoms with van der Waals surface area (Å²) in [5, 5.41) is 5.39. The maximum Gasteiger partial charge on any atom is 0.336 e. The first-order chi connectivity index (χ1) is 17.9. The average Bonchev–Trinajstić information content (AvgIpc) is 3.43. The highest BCUT2D eigenvalue weighted by Crippen LogP contribution is 2.49. The van der Waals surface area contributed by atoms with Crippen molar-refractivity contribution in [1.29, 1.82) is 0 Å². The van der Waals surface area contributed by atoms with E-state index in [-0.39, 0.29) is 24.9 Å². The standard InChI is InChI=1S/C29H33NO6S/c1-5-9-20-26(29(33)36-7-3)23(17-11-13-18(34-4)14-12-17)25-21(30-20)16-19(22-10-8-15-37-22)24(27(25)31)28(32)35-6-2/h8,10-15,19,23-24,30H,5-7,9,16H2,1-4H3/t19-,23-,24+/m0/s1. The van der Waals surface area contributed by atoms with Crippen LogP contribution in [0.25, 0.3) is 0 Å². The Morgan fingerprint density at radius 3 is 2.38 bits per heavy atom. The summed E-state index contributed by atoms with van der Waals surface area (Å²) in [4.78, 5) is 41.8. The third-order valence-corrected chi connectivity index (χ3v) is 7.80. The Morgan fingerprint density at radius 1 is 1.05 bits per heavy atom. The van der Waals surface area contributed by atoms with Gasteiger partial charge in [0.1, 0.15) is 11.7 Å². The lowest BCUT2D eigenvalue weighted by molar-refractivity contribution is -0.152. The third-order valence-electron chi connectivity index (χ3n) is 6.80. The van der Waals surface area contributed by atoms with E-state index in [1.165, 1.54) is 11.3 Å². The van der Waals surface area contributed by atoms with Crippen LogP contribution in [-0.2, 0) is 23.9 Å². The number of dihydropyridines is 1. The molecule has 0 radical (unpaired) electrons. The van der Waals surface area contributed by atoms with Gasteiger partial charge in [0.15, 0.2) is 5.78 Å². The molecular weight excluding hydrogens is 490 g/mol. The summed E-state index contributed by atoms with van der Waals surface area (Å²) >= 11 is 1.52. The Bertz CT molecular complexity index is 1210. The van der Waals surface area contributed by atoms with Crippen molar-refractivity contribution >= 4 is 29.1 Å². The van der Waals surface area contributed by atoms with Gasteiger partial charge in [-0.25, -0.2) is 4.79 Å². The van der Waals surface area contributed by atoms with Crippen molar-refractivity contribution in [2.75, 3.05) is 20.3 Å². The number of allylic oxidation sites excluding steroid dienone is 3. The highest BCUT2D eigenvalue weighted by Gasteiger charge is 2.49. The third kappa shape index (κ3) is 5.21. The number of ketones is 1. The number of carbonyl (C=O) groups excluding carboxylic acids is 3. The van der Waals surface area contributed by atoms with Crippen molar-refractivity contribution in [3.63, 3.8) is 0 Å². The van der Waals surface area contributed by atoms with Crippen molar-refractivity contribution in [3.8, 4) is 5.75 Å². The second-order valence-corrected chi connectivity index (χ2v) is 9.99. The molecule has 2 aliphatic rings. The van der Waals surface area contributed by atoms with Gasteiger partial charge < -0.3 is 19.5 Å². The number of hydrogen-bond donors (Lipinski definition) is 1. The Kier molecular flexibility index (Phi) is 8.48. The second kappa shape index (κ2) is 11.8. The molecule has 2 aromatic rings. The van der Waals surface area contributed by atoms with Crippen molar-refractivity contribution < 1.29 is 28.6 Å². The van der Waals surface area contributed by atoms with E-state index < -0.39 is 23.8 Å². The Hall–Kier alpha value is -3.39. The zero-order chi connectivity index (χ0) is 26.5. The molecule has 1 aromatic carbocycles. The largest absolute Gasteiger partial charge is 0.497 e. The van der Waals surface area contributed by atoms with Gasteiger partial charge in [-0.1, -0.05) is 31.5 Å². The molecule has 1 aromatic heterocycles. The van der Waals surface area contributed by atoms with Gasteiger partial charge in [0.25, 0.3) is 0 Å². The van der Waals surface area contributed by atoms with E-state index in [1.807, 2.05) is 48.7 Å². The molecule has 0 fully saturated rings. The van der Waals surface area contributed by atoms with E-state index in [2.05, 4.69) is 5.32 Å². The Balaban J connectivity index is 1.91. The van der Waals surface area contributed by atoms with Crippen LogP contribution in [0.5, 0.6) is 5.75 Å². The molecule has 3 atom stereocenters. The van der Waals surface area contributed by atoms with Gasteiger partial charge in [-0.3, -0.25) is 9.59 Å². The normalized spacial score (nSPS) is 21.3. The fourth-order valence-corrected chi connectivity index (χ4v) is 6.11.